The van der Waals surface area contributed by atoms with Crippen LogP contribution in [-0.4, -0.2) is 5.91 Å². The van der Waals surface area contributed by atoms with Gasteiger partial charge in [-0.25, -0.2) is 0 Å². The van der Waals surface area contributed by atoms with Gasteiger partial charge in [-0.2, -0.15) is 0 Å². The van der Waals surface area contributed by atoms with Crippen LogP contribution in [0.25, 0.3) is 6.08 Å². The van der Waals surface area contributed by atoms with E-state index >= 15 is 0 Å². The predicted octanol–water partition coefficient (Wildman–Crippen LogP) is 2.41. The Labute approximate surface area is 105 Å². The highest BCUT2D eigenvalue weighted by Crippen LogP contribution is 2.09. The number of para-hydroxylation sites is 1. The van der Waals surface area contributed by atoms with Gasteiger partial charge in [0.05, 0.1) is 0 Å². The smallest absolute Gasteiger partial charge is 0.248 e. The maximum Gasteiger partial charge on any atom is 0.248 e. The first-order valence-corrected chi connectivity index (χ1v) is 5.55. The molecule has 0 heterocycles. The molecule has 0 saturated heterocycles. The minimum atomic E-state index is -0.201. The van der Waals surface area contributed by atoms with Gasteiger partial charge in [0.2, 0.25) is 5.91 Å². The van der Waals surface area contributed by atoms with Crippen LogP contribution in [0.1, 0.15) is 5.56 Å². The van der Waals surface area contributed by atoms with Crippen LogP contribution in [0.4, 0.5) is 5.69 Å². The van der Waals surface area contributed by atoms with Crippen LogP contribution in [0.15, 0.2) is 60.7 Å². The molecule has 0 atom stereocenters. The van der Waals surface area contributed by atoms with Crippen molar-refractivity contribution in [2.45, 2.75) is 0 Å². The van der Waals surface area contributed by atoms with Crippen molar-refractivity contribution in [2.75, 3.05) is 5.32 Å². The van der Waals surface area contributed by atoms with E-state index in [1.807, 2.05) is 30.3 Å². The zero-order valence-corrected chi connectivity index (χ0v) is 9.67. The molecule has 1 N–H and O–H groups in total. The van der Waals surface area contributed by atoms with E-state index < -0.39 is 0 Å². The fourth-order valence-electron chi connectivity index (χ4n) is 1.46. The number of benzene rings is 2. The van der Waals surface area contributed by atoms with Crippen LogP contribution >= 0.6 is 0 Å². The summed E-state index contributed by atoms with van der Waals surface area (Å²) < 4.78 is 0. The van der Waals surface area contributed by atoms with E-state index in [4.69, 9.17) is 0 Å². The molecule has 3 nitrogen and oxygen atoms in total. The highest BCUT2D eigenvalue weighted by atomic mass is 16.3. The number of amides is 1. The Bertz CT molecular complexity index is 544. The molecule has 90 valence electrons. The van der Waals surface area contributed by atoms with Crippen molar-refractivity contribution >= 4 is 17.7 Å². The number of hydrogen-bond acceptors (Lipinski definition) is 2. The summed E-state index contributed by atoms with van der Waals surface area (Å²) in [5, 5.41) is 13.6. The minimum absolute atomic E-state index is 0.0408. The van der Waals surface area contributed by atoms with E-state index in [-0.39, 0.29) is 11.7 Å². The number of rotatable bonds is 3. The van der Waals surface area contributed by atoms with Gasteiger partial charge in [0.1, 0.15) is 0 Å². The summed E-state index contributed by atoms with van der Waals surface area (Å²) in [6.07, 6.45) is 3.10. The molecule has 2 aromatic rings. The minimum Gasteiger partial charge on any atom is -0.872 e. The Morgan fingerprint density at radius 3 is 2.33 bits per heavy atom. The summed E-state index contributed by atoms with van der Waals surface area (Å²) in [5.74, 6) is -0.242. The van der Waals surface area contributed by atoms with Crippen molar-refractivity contribution in [3.05, 3.63) is 66.2 Å². The monoisotopic (exact) mass is 238 g/mol. The molecule has 2 rings (SSSR count). The molecular formula is C15H12NO2-. The van der Waals surface area contributed by atoms with Crippen LogP contribution < -0.4 is 10.4 Å². The van der Waals surface area contributed by atoms with E-state index in [0.717, 1.165) is 11.3 Å². The van der Waals surface area contributed by atoms with Gasteiger partial charge in [-0.1, -0.05) is 42.5 Å². The first-order valence-electron chi connectivity index (χ1n) is 5.55. The van der Waals surface area contributed by atoms with E-state index in [1.54, 1.807) is 18.2 Å². The molecule has 0 aliphatic carbocycles. The molecule has 1 amide bonds. The largest absolute Gasteiger partial charge is 0.872 e. The van der Waals surface area contributed by atoms with Gasteiger partial charge in [0.15, 0.2) is 0 Å². The molecule has 0 spiro atoms. The second-order valence-electron chi connectivity index (χ2n) is 3.76. The lowest BCUT2D eigenvalue weighted by Crippen LogP contribution is -2.07. The number of nitrogens with one attached hydrogen (secondary N) is 1. The topological polar surface area (TPSA) is 52.2 Å². The lowest BCUT2D eigenvalue weighted by atomic mass is 10.2. The number of carbonyl (C=O) groups is 1. The summed E-state index contributed by atoms with van der Waals surface area (Å²) in [7, 11) is 0. The fourth-order valence-corrected chi connectivity index (χ4v) is 1.46. The van der Waals surface area contributed by atoms with Crippen LogP contribution in [0.2, 0.25) is 0 Å². The molecule has 0 aliphatic rings. The van der Waals surface area contributed by atoms with Crippen LogP contribution in [0, 0.1) is 0 Å². The van der Waals surface area contributed by atoms with Crippen molar-refractivity contribution in [1.29, 1.82) is 0 Å². The van der Waals surface area contributed by atoms with Gasteiger partial charge in [-0.3, -0.25) is 4.79 Å². The molecule has 18 heavy (non-hydrogen) atoms. The zero-order valence-electron chi connectivity index (χ0n) is 9.67. The van der Waals surface area contributed by atoms with Crippen molar-refractivity contribution in [2.24, 2.45) is 0 Å². The Kier molecular flexibility index (Phi) is 3.76. The molecule has 0 aliphatic heterocycles. The Hall–Kier alpha value is -2.55. The van der Waals surface area contributed by atoms with Crippen molar-refractivity contribution in [1.82, 2.24) is 0 Å². The lowest BCUT2D eigenvalue weighted by Gasteiger charge is -2.03. The molecule has 0 aromatic heterocycles. The van der Waals surface area contributed by atoms with E-state index in [9.17, 15) is 9.90 Å². The van der Waals surface area contributed by atoms with Crippen molar-refractivity contribution in [3.8, 4) is 5.75 Å². The second kappa shape index (κ2) is 5.68. The third kappa shape index (κ3) is 3.49. The zero-order chi connectivity index (χ0) is 12.8. The third-order valence-corrected chi connectivity index (χ3v) is 2.35. The standard InChI is InChI=1S/C15H13NO2/c17-14-9-6-12(7-10-14)8-11-15(18)16-13-4-2-1-3-5-13/h1-11,17H,(H,16,18)/p-1/b11-8+. The second-order valence-corrected chi connectivity index (χ2v) is 3.76. The summed E-state index contributed by atoms with van der Waals surface area (Å²) in [6, 6.07) is 15.5. The van der Waals surface area contributed by atoms with Gasteiger partial charge >= 0.3 is 0 Å². The SMILES string of the molecule is O=C(/C=C/c1ccc([O-])cc1)Nc1ccccc1. The van der Waals surface area contributed by atoms with Crippen LogP contribution in [0.5, 0.6) is 5.75 Å². The number of carbonyl (C=O) groups excluding carboxylic acids is 1. The molecule has 0 radical (unpaired) electrons. The average molecular weight is 238 g/mol. The number of hydrogen-bond donors (Lipinski definition) is 1. The average Bonchev–Trinajstić information content (AvgIpc) is 2.39. The van der Waals surface area contributed by atoms with Gasteiger partial charge in [-0.05, 0) is 23.8 Å². The number of anilines is 1. The maximum atomic E-state index is 11.6. The molecule has 0 unspecified atom stereocenters. The van der Waals surface area contributed by atoms with E-state index in [2.05, 4.69) is 5.32 Å². The summed E-state index contributed by atoms with van der Waals surface area (Å²) in [5.41, 5.74) is 1.57. The molecular weight excluding hydrogens is 226 g/mol. The molecule has 2 aromatic carbocycles. The predicted molar refractivity (Wildman–Crippen MR) is 70.0 cm³/mol. The fraction of sp³-hybridized carbons (Fsp3) is 0. The lowest BCUT2D eigenvalue weighted by molar-refractivity contribution is -0.268. The molecule has 0 fully saturated rings. The first kappa shape index (κ1) is 11.9. The highest BCUT2D eigenvalue weighted by Gasteiger charge is 1.95. The first-order chi connectivity index (χ1) is 8.74. The van der Waals surface area contributed by atoms with Gasteiger partial charge in [-0.15, -0.1) is 5.75 Å². The Morgan fingerprint density at radius 1 is 1.00 bits per heavy atom. The third-order valence-electron chi connectivity index (χ3n) is 2.35. The van der Waals surface area contributed by atoms with Crippen LogP contribution in [-0.2, 0) is 4.79 Å². The van der Waals surface area contributed by atoms with E-state index in [1.165, 1.54) is 18.2 Å². The summed E-state index contributed by atoms with van der Waals surface area (Å²) in [6.45, 7) is 0. The molecule has 0 saturated carbocycles. The summed E-state index contributed by atoms with van der Waals surface area (Å²) >= 11 is 0. The van der Waals surface area contributed by atoms with Gasteiger partial charge in [0.25, 0.3) is 0 Å². The Morgan fingerprint density at radius 2 is 1.67 bits per heavy atom. The maximum absolute atomic E-state index is 11.6. The van der Waals surface area contributed by atoms with Gasteiger partial charge < -0.3 is 10.4 Å². The quantitative estimate of drug-likeness (QED) is 0.835. The summed E-state index contributed by atoms with van der Waals surface area (Å²) in [4.78, 5) is 11.6. The normalized spacial score (nSPS) is 10.4. The van der Waals surface area contributed by atoms with E-state index in [0.29, 0.717) is 0 Å². The molecule has 0 bridgehead atoms. The van der Waals surface area contributed by atoms with Crippen molar-refractivity contribution in [3.63, 3.8) is 0 Å². The molecule has 3 heteroatoms. The van der Waals surface area contributed by atoms with Crippen LogP contribution in [0.3, 0.4) is 0 Å². The van der Waals surface area contributed by atoms with Crippen molar-refractivity contribution < 1.29 is 9.90 Å². The van der Waals surface area contributed by atoms with Gasteiger partial charge in [0, 0.05) is 11.8 Å². The Balaban J connectivity index is 1.97. The highest BCUT2D eigenvalue weighted by molar-refractivity contribution is 6.01.